The number of amides is 2. The Bertz CT molecular complexity index is 676. The highest BCUT2D eigenvalue weighted by Gasteiger charge is 2.17. The van der Waals surface area contributed by atoms with Crippen LogP contribution in [0.15, 0.2) is 23.7 Å². The van der Waals surface area contributed by atoms with Crippen LogP contribution in [-0.4, -0.2) is 34.2 Å². The first-order chi connectivity index (χ1) is 9.99. The zero-order valence-electron chi connectivity index (χ0n) is 11.5. The maximum absolute atomic E-state index is 11.8. The number of hydrogen-bond donors (Lipinski definition) is 1. The van der Waals surface area contributed by atoms with Gasteiger partial charge in [0.25, 0.3) is 11.8 Å². The van der Waals surface area contributed by atoms with E-state index in [0.29, 0.717) is 10.6 Å². The number of rotatable bonds is 4. The Labute approximate surface area is 124 Å². The van der Waals surface area contributed by atoms with E-state index in [1.807, 2.05) is 0 Å². The smallest absolute Gasteiger partial charge is 0.342 e. The number of imide groups is 1. The van der Waals surface area contributed by atoms with Crippen LogP contribution in [0.4, 0.5) is 0 Å². The molecule has 0 aliphatic heterocycles. The van der Waals surface area contributed by atoms with Crippen molar-refractivity contribution in [2.45, 2.75) is 6.92 Å². The first-order valence-electron chi connectivity index (χ1n) is 6.02. The van der Waals surface area contributed by atoms with Crippen molar-refractivity contribution in [1.82, 2.24) is 15.1 Å². The molecule has 0 bridgehead atoms. The van der Waals surface area contributed by atoms with E-state index in [2.05, 4.69) is 10.4 Å². The van der Waals surface area contributed by atoms with E-state index in [9.17, 15) is 14.4 Å². The zero-order chi connectivity index (χ0) is 15.4. The van der Waals surface area contributed by atoms with Gasteiger partial charge in [0.05, 0.1) is 11.1 Å². The van der Waals surface area contributed by atoms with Gasteiger partial charge in [0.2, 0.25) is 0 Å². The summed E-state index contributed by atoms with van der Waals surface area (Å²) in [7, 11) is 1.69. The Hall–Kier alpha value is -2.48. The molecule has 0 saturated carbocycles. The molecule has 8 heteroatoms. The van der Waals surface area contributed by atoms with Gasteiger partial charge in [-0.25, -0.2) is 4.79 Å². The first kappa shape index (κ1) is 14.9. The van der Waals surface area contributed by atoms with Gasteiger partial charge in [-0.05, 0) is 18.4 Å². The molecule has 0 fully saturated rings. The summed E-state index contributed by atoms with van der Waals surface area (Å²) < 4.78 is 6.37. The summed E-state index contributed by atoms with van der Waals surface area (Å²) in [5, 5.41) is 7.78. The summed E-state index contributed by atoms with van der Waals surface area (Å²) in [5.41, 5.74) is 0.921. The van der Waals surface area contributed by atoms with E-state index in [-0.39, 0.29) is 5.56 Å². The average molecular weight is 307 g/mol. The van der Waals surface area contributed by atoms with Crippen LogP contribution in [0, 0.1) is 6.92 Å². The summed E-state index contributed by atoms with van der Waals surface area (Å²) in [6.45, 7) is 1.19. The second-order valence-electron chi connectivity index (χ2n) is 4.20. The summed E-state index contributed by atoms with van der Waals surface area (Å²) in [6.07, 6.45) is 1.37. The number of aromatic nitrogens is 2. The molecule has 2 aromatic heterocycles. The highest BCUT2D eigenvalue weighted by molar-refractivity contribution is 7.12. The predicted octanol–water partition coefficient (Wildman–Crippen LogP) is 0.903. The van der Waals surface area contributed by atoms with Gasteiger partial charge in [-0.15, -0.1) is 11.3 Å². The third-order valence-electron chi connectivity index (χ3n) is 2.79. The van der Waals surface area contributed by atoms with Crippen LogP contribution < -0.4 is 5.32 Å². The lowest BCUT2D eigenvalue weighted by Crippen LogP contribution is -2.33. The zero-order valence-corrected chi connectivity index (χ0v) is 12.3. The first-order valence-corrected chi connectivity index (χ1v) is 6.90. The molecule has 2 rings (SSSR count). The third-order valence-corrected chi connectivity index (χ3v) is 3.66. The quantitative estimate of drug-likeness (QED) is 0.848. The molecule has 7 nitrogen and oxygen atoms in total. The van der Waals surface area contributed by atoms with Crippen LogP contribution in [0.25, 0.3) is 0 Å². The van der Waals surface area contributed by atoms with Crippen molar-refractivity contribution in [1.29, 1.82) is 0 Å². The van der Waals surface area contributed by atoms with Gasteiger partial charge < -0.3 is 4.74 Å². The highest BCUT2D eigenvalue weighted by Crippen LogP contribution is 2.08. The largest absolute Gasteiger partial charge is 0.452 e. The van der Waals surface area contributed by atoms with Crippen LogP contribution in [0.1, 0.15) is 25.7 Å². The molecule has 2 aromatic rings. The molecular formula is C13H13N3O4S. The molecule has 2 amide bonds. The van der Waals surface area contributed by atoms with E-state index in [4.69, 9.17) is 4.74 Å². The van der Waals surface area contributed by atoms with Crippen molar-refractivity contribution in [2.75, 3.05) is 6.61 Å². The van der Waals surface area contributed by atoms with Crippen molar-refractivity contribution < 1.29 is 19.1 Å². The molecule has 0 radical (unpaired) electrons. The molecule has 110 valence electrons. The lowest BCUT2D eigenvalue weighted by Gasteiger charge is -2.04. The molecule has 0 aromatic carbocycles. The van der Waals surface area contributed by atoms with Crippen molar-refractivity contribution >= 4 is 29.1 Å². The van der Waals surface area contributed by atoms with E-state index in [0.717, 1.165) is 0 Å². The average Bonchev–Trinajstić information content (AvgIpc) is 3.08. The normalized spacial score (nSPS) is 10.2. The van der Waals surface area contributed by atoms with Crippen LogP contribution >= 0.6 is 11.3 Å². The van der Waals surface area contributed by atoms with Gasteiger partial charge in [0.15, 0.2) is 6.61 Å². The standard InChI is InChI=1S/C13H13N3O4S/c1-8-9(6-14-16(8)2)13(19)20-7-11(17)15-12(18)10-4-3-5-21-10/h3-6H,7H2,1-2H3,(H,15,17,18). The number of thiophene rings is 1. The van der Waals surface area contributed by atoms with Gasteiger partial charge in [0, 0.05) is 12.7 Å². The Morgan fingerprint density at radius 3 is 2.76 bits per heavy atom. The number of nitrogens with one attached hydrogen (secondary N) is 1. The fraction of sp³-hybridized carbons (Fsp3) is 0.231. The Kier molecular flexibility index (Phi) is 4.49. The molecular weight excluding hydrogens is 294 g/mol. The van der Waals surface area contributed by atoms with Crippen molar-refractivity contribution in [3.05, 3.63) is 39.8 Å². The van der Waals surface area contributed by atoms with Crippen LogP contribution in [0.3, 0.4) is 0 Å². The van der Waals surface area contributed by atoms with Gasteiger partial charge >= 0.3 is 5.97 Å². The molecule has 0 aliphatic rings. The van der Waals surface area contributed by atoms with E-state index < -0.39 is 24.4 Å². The van der Waals surface area contributed by atoms with E-state index in [1.54, 1.807) is 31.5 Å². The van der Waals surface area contributed by atoms with Crippen molar-refractivity contribution in [2.24, 2.45) is 7.05 Å². The molecule has 0 aliphatic carbocycles. The second kappa shape index (κ2) is 6.31. The molecule has 0 saturated heterocycles. The lowest BCUT2D eigenvalue weighted by molar-refractivity contribution is -0.123. The molecule has 2 heterocycles. The maximum Gasteiger partial charge on any atom is 0.342 e. The Morgan fingerprint density at radius 2 is 2.19 bits per heavy atom. The number of aryl methyl sites for hydroxylation is 1. The summed E-state index contributed by atoms with van der Waals surface area (Å²) in [5.74, 6) is -1.84. The SMILES string of the molecule is Cc1c(C(=O)OCC(=O)NC(=O)c2cccs2)cnn1C. The molecule has 0 atom stereocenters. The number of carbonyl (C=O) groups excluding carboxylic acids is 3. The van der Waals surface area contributed by atoms with Crippen LogP contribution in [0.2, 0.25) is 0 Å². The van der Waals surface area contributed by atoms with E-state index in [1.165, 1.54) is 22.2 Å². The lowest BCUT2D eigenvalue weighted by atomic mass is 10.3. The second-order valence-corrected chi connectivity index (χ2v) is 5.15. The van der Waals surface area contributed by atoms with E-state index >= 15 is 0 Å². The minimum absolute atomic E-state index is 0.287. The maximum atomic E-state index is 11.8. The highest BCUT2D eigenvalue weighted by atomic mass is 32.1. The van der Waals surface area contributed by atoms with Crippen LogP contribution in [-0.2, 0) is 16.6 Å². The van der Waals surface area contributed by atoms with Crippen molar-refractivity contribution in [3.63, 3.8) is 0 Å². The summed E-state index contributed by atoms with van der Waals surface area (Å²) in [4.78, 5) is 35.3. The minimum Gasteiger partial charge on any atom is -0.452 e. The molecule has 0 spiro atoms. The molecule has 21 heavy (non-hydrogen) atoms. The van der Waals surface area contributed by atoms with Gasteiger partial charge in [-0.2, -0.15) is 5.10 Å². The molecule has 0 unspecified atom stereocenters. The van der Waals surface area contributed by atoms with Crippen LogP contribution in [0.5, 0.6) is 0 Å². The number of nitrogens with zero attached hydrogens (tertiary/aromatic N) is 2. The topological polar surface area (TPSA) is 90.3 Å². The Balaban J connectivity index is 1.85. The third kappa shape index (κ3) is 3.54. The summed E-state index contributed by atoms with van der Waals surface area (Å²) >= 11 is 1.22. The predicted molar refractivity (Wildman–Crippen MR) is 75.0 cm³/mol. The number of carbonyl (C=O) groups is 3. The van der Waals surface area contributed by atoms with Crippen molar-refractivity contribution in [3.8, 4) is 0 Å². The number of ether oxygens (including phenoxy) is 1. The molecule has 1 N–H and O–H groups in total. The fourth-order valence-corrected chi connectivity index (χ4v) is 2.16. The summed E-state index contributed by atoms with van der Waals surface area (Å²) in [6, 6.07) is 3.30. The number of esters is 1. The van der Waals surface area contributed by atoms with Gasteiger partial charge in [0.1, 0.15) is 5.56 Å². The minimum atomic E-state index is -0.678. The van der Waals surface area contributed by atoms with Gasteiger partial charge in [-0.1, -0.05) is 6.07 Å². The monoisotopic (exact) mass is 307 g/mol. The van der Waals surface area contributed by atoms with Gasteiger partial charge in [-0.3, -0.25) is 19.6 Å². The fourth-order valence-electron chi connectivity index (χ4n) is 1.54. The Morgan fingerprint density at radius 1 is 1.43 bits per heavy atom. The number of hydrogen-bond acceptors (Lipinski definition) is 6.